The fourth-order valence-corrected chi connectivity index (χ4v) is 4.56. The van der Waals surface area contributed by atoms with Gasteiger partial charge >= 0.3 is 0 Å². The summed E-state index contributed by atoms with van der Waals surface area (Å²) in [5, 5.41) is 8.24. The van der Waals surface area contributed by atoms with Gasteiger partial charge < -0.3 is 10.1 Å². The van der Waals surface area contributed by atoms with Crippen molar-refractivity contribution in [3.8, 4) is 11.4 Å². The van der Waals surface area contributed by atoms with Crippen LogP contribution >= 0.6 is 0 Å². The molecule has 0 radical (unpaired) electrons. The van der Waals surface area contributed by atoms with Gasteiger partial charge in [0, 0.05) is 12.1 Å². The molecule has 4 aromatic rings. The number of hydrogen-bond donors (Lipinski definition) is 2. The first-order valence-corrected chi connectivity index (χ1v) is 11.4. The molecule has 0 saturated carbocycles. The van der Waals surface area contributed by atoms with E-state index < -0.39 is 0 Å². The summed E-state index contributed by atoms with van der Waals surface area (Å²) in [6, 6.07) is 17.9. The molecule has 5 rings (SSSR count). The second-order valence-electron chi connectivity index (χ2n) is 8.28. The van der Waals surface area contributed by atoms with Crippen LogP contribution in [0.2, 0.25) is 0 Å². The Kier molecular flexibility index (Phi) is 6.08. The standard InChI is InChI=1S/C25H28N6O2/c1-33-22-13-7-6-12-19(22)21(30-14-8-3-9-15-30)17-26-25-28-23-20(24(32)29-25)16-27-31(23)18-10-4-2-5-11-18/h2,4-7,10-13,16,21H,3,8-9,14-15,17H2,1H3,(H2,26,28,29,32). The molecule has 1 unspecified atom stereocenters. The zero-order valence-corrected chi connectivity index (χ0v) is 18.7. The van der Waals surface area contributed by atoms with E-state index in [1.54, 1.807) is 18.0 Å². The van der Waals surface area contributed by atoms with Crippen molar-refractivity contribution in [2.45, 2.75) is 25.3 Å². The molecule has 3 heterocycles. The molecule has 1 saturated heterocycles. The van der Waals surface area contributed by atoms with Gasteiger partial charge in [0.25, 0.3) is 5.56 Å². The molecule has 1 fully saturated rings. The number of fused-ring (bicyclic) bond motifs is 1. The minimum absolute atomic E-state index is 0.0986. The number of piperidine rings is 1. The first kappa shape index (κ1) is 21.2. The average Bonchev–Trinajstić information content (AvgIpc) is 3.30. The minimum atomic E-state index is -0.212. The minimum Gasteiger partial charge on any atom is -0.496 e. The lowest BCUT2D eigenvalue weighted by molar-refractivity contribution is 0.167. The Hall–Kier alpha value is -3.65. The Morgan fingerprint density at radius 2 is 1.82 bits per heavy atom. The van der Waals surface area contributed by atoms with E-state index in [9.17, 15) is 4.79 Å². The van der Waals surface area contributed by atoms with Crippen LogP contribution in [-0.2, 0) is 0 Å². The first-order valence-electron chi connectivity index (χ1n) is 11.4. The Labute approximate surface area is 192 Å². The van der Waals surface area contributed by atoms with E-state index >= 15 is 0 Å². The summed E-state index contributed by atoms with van der Waals surface area (Å²) in [5.41, 5.74) is 2.31. The fourth-order valence-electron chi connectivity index (χ4n) is 4.56. The molecule has 0 amide bonds. The van der Waals surface area contributed by atoms with Gasteiger partial charge in [0.15, 0.2) is 5.65 Å². The lowest BCUT2D eigenvalue weighted by Crippen LogP contribution is -2.37. The third kappa shape index (κ3) is 4.34. The topological polar surface area (TPSA) is 88.1 Å². The SMILES string of the molecule is COc1ccccc1C(CNc1nc2c(cnn2-c2ccccc2)c(=O)[nH]1)N1CCCCC1. The van der Waals surface area contributed by atoms with Crippen LogP contribution in [0.4, 0.5) is 5.95 Å². The van der Waals surface area contributed by atoms with Crippen molar-refractivity contribution in [2.75, 3.05) is 32.1 Å². The number of H-pyrrole nitrogens is 1. The molecular weight excluding hydrogens is 416 g/mol. The van der Waals surface area contributed by atoms with Crippen LogP contribution in [0.3, 0.4) is 0 Å². The third-order valence-electron chi connectivity index (χ3n) is 6.23. The number of nitrogens with zero attached hydrogens (tertiary/aromatic N) is 4. The van der Waals surface area contributed by atoms with Crippen LogP contribution < -0.4 is 15.6 Å². The van der Waals surface area contributed by atoms with E-state index in [1.165, 1.54) is 19.3 Å². The smallest absolute Gasteiger partial charge is 0.263 e. The normalized spacial score (nSPS) is 15.4. The monoisotopic (exact) mass is 444 g/mol. The Balaban J connectivity index is 1.46. The first-order chi connectivity index (χ1) is 16.2. The van der Waals surface area contributed by atoms with Gasteiger partial charge in [0.1, 0.15) is 11.1 Å². The Bertz CT molecular complexity index is 1280. The maximum Gasteiger partial charge on any atom is 0.263 e. The third-order valence-corrected chi connectivity index (χ3v) is 6.23. The molecule has 8 nitrogen and oxygen atoms in total. The van der Waals surface area contributed by atoms with E-state index in [0.29, 0.717) is 23.5 Å². The van der Waals surface area contributed by atoms with Crippen molar-refractivity contribution in [3.05, 3.63) is 76.7 Å². The summed E-state index contributed by atoms with van der Waals surface area (Å²) in [6.45, 7) is 2.66. The zero-order chi connectivity index (χ0) is 22.6. The molecule has 0 bridgehead atoms. The zero-order valence-electron chi connectivity index (χ0n) is 18.7. The number of aromatic amines is 1. The van der Waals surface area contributed by atoms with Crippen molar-refractivity contribution in [1.29, 1.82) is 0 Å². The molecule has 0 spiro atoms. The van der Waals surface area contributed by atoms with Crippen molar-refractivity contribution >= 4 is 17.0 Å². The van der Waals surface area contributed by atoms with E-state index in [4.69, 9.17) is 9.72 Å². The van der Waals surface area contributed by atoms with Gasteiger partial charge in [-0.25, -0.2) is 4.68 Å². The highest BCUT2D eigenvalue weighted by Crippen LogP contribution is 2.31. The van der Waals surface area contributed by atoms with Crippen LogP contribution in [-0.4, -0.2) is 51.4 Å². The van der Waals surface area contributed by atoms with Crippen molar-refractivity contribution in [3.63, 3.8) is 0 Å². The van der Waals surface area contributed by atoms with Gasteiger partial charge in [-0.1, -0.05) is 42.8 Å². The van der Waals surface area contributed by atoms with Gasteiger partial charge in [-0.15, -0.1) is 0 Å². The molecule has 1 atom stereocenters. The van der Waals surface area contributed by atoms with Gasteiger partial charge in [-0.2, -0.15) is 10.1 Å². The van der Waals surface area contributed by atoms with Crippen LogP contribution in [0.25, 0.3) is 16.7 Å². The number of hydrogen-bond acceptors (Lipinski definition) is 6. The summed E-state index contributed by atoms with van der Waals surface area (Å²) >= 11 is 0. The maximum atomic E-state index is 12.7. The van der Waals surface area contributed by atoms with Gasteiger partial charge in [0.05, 0.1) is 25.0 Å². The number of para-hydroxylation sites is 2. The Morgan fingerprint density at radius 3 is 2.61 bits per heavy atom. The molecule has 0 aliphatic carbocycles. The molecule has 8 heteroatoms. The van der Waals surface area contributed by atoms with Crippen LogP contribution in [0.1, 0.15) is 30.9 Å². The summed E-state index contributed by atoms with van der Waals surface area (Å²) in [5.74, 6) is 1.30. The van der Waals surface area contributed by atoms with Crippen molar-refractivity contribution in [1.82, 2.24) is 24.6 Å². The number of rotatable bonds is 7. The molecule has 2 aromatic carbocycles. The molecule has 1 aliphatic heterocycles. The lowest BCUT2D eigenvalue weighted by Gasteiger charge is -2.35. The van der Waals surface area contributed by atoms with Gasteiger partial charge in [-0.3, -0.25) is 14.7 Å². The maximum absolute atomic E-state index is 12.7. The highest BCUT2D eigenvalue weighted by molar-refractivity contribution is 5.76. The second kappa shape index (κ2) is 9.46. The number of benzene rings is 2. The summed E-state index contributed by atoms with van der Waals surface area (Å²) < 4.78 is 7.35. The van der Waals surface area contributed by atoms with Crippen molar-refractivity contribution in [2.24, 2.45) is 0 Å². The quantitative estimate of drug-likeness (QED) is 0.451. The molecular formula is C25H28N6O2. The number of likely N-dealkylation sites (tertiary alicyclic amines) is 1. The number of nitrogens with one attached hydrogen (secondary N) is 2. The van der Waals surface area contributed by atoms with Crippen LogP contribution in [0.5, 0.6) is 5.75 Å². The summed E-state index contributed by atoms with van der Waals surface area (Å²) in [6.07, 6.45) is 5.19. The number of aromatic nitrogens is 4. The Morgan fingerprint density at radius 1 is 1.06 bits per heavy atom. The molecule has 33 heavy (non-hydrogen) atoms. The molecule has 2 N–H and O–H groups in total. The fraction of sp³-hybridized carbons (Fsp3) is 0.320. The second-order valence-corrected chi connectivity index (χ2v) is 8.28. The number of methoxy groups -OCH3 is 1. The van der Waals surface area contributed by atoms with Gasteiger partial charge in [-0.05, 0) is 44.1 Å². The van der Waals surface area contributed by atoms with E-state index in [-0.39, 0.29) is 11.6 Å². The van der Waals surface area contributed by atoms with Crippen LogP contribution in [0, 0.1) is 0 Å². The summed E-state index contributed by atoms with van der Waals surface area (Å²) in [4.78, 5) is 22.8. The highest BCUT2D eigenvalue weighted by atomic mass is 16.5. The molecule has 170 valence electrons. The lowest BCUT2D eigenvalue weighted by atomic mass is 10.0. The predicted molar refractivity (Wildman–Crippen MR) is 129 cm³/mol. The molecule has 1 aliphatic rings. The highest BCUT2D eigenvalue weighted by Gasteiger charge is 2.25. The van der Waals surface area contributed by atoms with E-state index in [2.05, 4.69) is 26.4 Å². The van der Waals surface area contributed by atoms with E-state index in [0.717, 1.165) is 30.1 Å². The van der Waals surface area contributed by atoms with Gasteiger partial charge in [0.2, 0.25) is 5.95 Å². The van der Waals surface area contributed by atoms with E-state index in [1.807, 2.05) is 48.5 Å². The number of ether oxygens (including phenoxy) is 1. The average molecular weight is 445 g/mol. The predicted octanol–water partition coefficient (Wildman–Crippen LogP) is 3.76. The largest absolute Gasteiger partial charge is 0.496 e. The molecule has 2 aromatic heterocycles. The summed E-state index contributed by atoms with van der Waals surface area (Å²) in [7, 11) is 1.71. The number of anilines is 1. The van der Waals surface area contributed by atoms with Crippen LogP contribution in [0.15, 0.2) is 65.6 Å². The van der Waals surface area contributed by atoms with Crippen molar-refractivity contribution < 1.29 is 4.74 Å².